The van der Waals surface area contributed by atoms with Gasteiger partial charge in [0.05, 0.1) is 11.7 Å². The molecule has 4 nitrogen and oxygen atoms in total. The van der Waals surface area contributed by atoms with Gasteiger partial charge in [0.2, 0.25) is 0 Å². The Hall–Kier alpha value is -1.39. The van der Waals surface area contributed by atoms with E-state index in [1.165, 1.54) is 44.9 Å². The second kappa shape index (κ2) is 9.61. The zero-order valence-corrected chi connectivity index (χ0v) is 24.3. The number of aliphatic hydroxyl groups is 1. The van der Waals surface area contributed by atoms with Crippen LogP contribution in [0.3, 0.4) is 0 Å². The lowest BCUT2D eigenvalue weighted by atomic mass is 9.43. The van der Waals surface area contributed by atoms with Gasteiger partial charge < -0.3 is 14.6 Å². The minimum absolute atomic E-state index is 0.0551. The molecule has 1 aromatic carbocycles. The minimum atomic E-state index is -0.392. The van der Waals surface area contributed by atoms with Gasteiger partial charge in [0.15, 0.2) is 0 Å². The predicted molar refractivity (Wildman–Crippen MR) is 150 cm³/mol. The van der Waals surface area contributed by atoms with E-state index in [0.717, 1.165) is 37.0 Å². The second-order valence-corrected chi connectivity index (χ2v) is 14.8. The Morgan fingerprint density at radius 2 is 1.79 bits per heavy atom. The molecule has 0 aromatic heterocycles. The van der Waals surface area contributed by atoms with Crippen LogP contribution in [0.2, 0.25) is 0 Å². The molecule has 210 valence electrons. The third kappa shape index (κ3) is 4.02. The highest BCUT2D eigenvalue weighted by molar-refractivity contribution is 5.89. The van der Waals surface area contributed by atoms with Crippen LogP contribution in [0.4, 0.5) is 0 Å². The Kier molecular flexibility index (Phi) is 6.78. The van der Waals surface area contributed by atoms with Crippen molar-refractivity contribution in [1.82, 2.24) is 0 Å². The molecule has 4 heteroatoms. The third-order valence-electron chi connectivity index (χ3n) is 12.6. The summed E-state index contributed by atoms with van der Waals surface area (Å²) in [7, 11) is 0. The molecule has 1 N–H and O–H groups in total. The maximum Gasteiger partial charge on any atom is 0.338 e. The molecule has 1 spiro atoms. The molecular weight excluding hydrogens is 472 g/mol. The molecule has 11 atom stereocenters. The van der Waals surface area contributed by atoms with Crippen LogP contribution < -0.4 is 0 Å². The zero-order chi connectivity index (χ0) is 26.9. The van der Waals surface area contributed by atoms with Crippen molar-refractivity contribution in [2.75, 3.05) is 0 Å². The smallest absolute Gasteiger partial charge is 0.338 e. The molecule has 0 amide bonds. The summed E-state index contributed by atoms with van der Waals surface area (Å²) in [4.78, 5) is 12.8. The van der Waals surface area contributed by atoms with Gasteiger partial charge in [0, 0.05) is 11.8 Å². The SMILES string of the molecule is CC(C)CCC[C@H](C)[C@H]1CC[C@H]2[C@@H]3[C@H](O)[C@@H]4O[C@@]45C[C@@H](OC(=O)c4ccccc4)CC[C@]5(C)[C@H]3CC[C@]12C. The minimum Gasteiger partial charge on any atom is -0.459 e. The molecular formula is C34H50O4. The molecule has 38 heavy (non-hydrogen) atoms. The Morgan fingerprint density at radius 3 is 2.53 bits per heavy atom. The molecule has 0 bridgehead atoms. The van der Waals surface area contributed by atoms with Crippen LogP contribution >= 0.6 is 0 Å². The van der Waals surface area contributed by atoms with Crippen LogP contribution in [0.25, 0.3) is 0 Å². The first kappa shape index (κ1) is 26.8. The van der Waals surface area contributed by atoms with Crippen molar-refractivity contribution in [2.45, 2.75) is 123 Å². The number of carbonyl (C=O) groups is 1. The van der Waals surface area contributed by atoms with E-state index in [4.69, 9.17) is 9.47 Å². The Morgan fingerprint density at radius 1 is 1.03 bits per heavy atom. The number of fused-ring (bicyclic) bond motifs is 4. The summed E-state index contributed by atoms with van der Waals surface area (Å²) in [6.45, 7) is 12.2. The summed E-state index contributed by atoms with van der Waals surface area (Å²) in [5.41, 5.74) is 0.673. The molecule has 6 rings (SSSR count). The number of carbonyl (C=O) groups excluding carboxylic acids is 1. The van der Waals surface area contributed by atoms with Crippen LogP contribution in [0.15, 0.2) is 30.3 Å². The van der Waals surface area contributed by atoms with Crippen LogP contribution in [-0.4, -0.2) is 35.0 Å². The van der Waals surface area contributed by atoms with Crippen LogP contribution in [0, 0.1) is 46.3 Å². The molecule has 0 unspecified atom stereocenters. The van der Waals surface area contributed by atoms with E-state index in [0.29, 0.717) is 28.7 Å². The van der Waals surface area contributed by atoms with Crippen molar-refractivity contribution < 1.29 is 19.4 Å². The average molecular weight is 523 g/mol. The summed E-state index contributed by atoms with van der Waals surface area (Å²) < 4.78 is 12.6. The van der Waals surface area contributed by atoms with Gasteiger partial charge in [-0.2, -0.15) is 0 Å². The van der Waals surface area contributed by atoms with Crippen LogP contribution in [-0.2, 0) is 9.47 Å². The van der Waals surface area contributed by atoms with Gasteiger partial charge in [-0.15, -0.1) is 0 Å². The number of ether oxygens (including phenoxy) is 2. The quantitative estimate of drug-likeness (QED) is 0.299. The van der Waals surface area contributed by atoms with Crippen molar-refractivity contribution in [3.8, 4) is 0 Å². The maximum absolute atomic E-state index is 12.8. The molecule has 4 aliphatic carbocycles. The van der Waals surface area contributed by atoms with E-state index in [9.17, 15) is 9.90 Å². The number of hydrogen-bond donors (Lipinski definition) is 1. The number of benzene rings is 1. The first-order chi connectivity index (χ1) is 18.1. The first-order valence-electron chi connectivity index (χ1n) is 15.7. The van der Waals surface area contributed by atoms with E-state index in [-0.39, 0.29) is 29.2 Å². The average Bonchev–Trinajstić information content (AvgIpc) is 3.51. The highest BCUT2D eigenvalue weighted by atomic mass is 16.6. The number of rotatable bonds is 7. The lowest BCUT2D eigenvalue weighted by Gasteiger charge is -2.60. The fraction of sp³-hybridized carbons (Fsp3) is 0.794. The lowest BCUT2D eigenvalue weighted by molar-refractivity contribution is -0.151. The van der Waals surface area contributed by atoms with Gasteiger partial charge in [-0.3, -0.25) is 0 Å². The topological polar surface area (TPSA) is 59.1 Å². The summed E-state index contributed by atoms with van der Waals surface area (Å²) >= 11 is 0. The first-order valence-corrected chi connectivity index (χ1v) is 15.7. The van der Waals surface area contributed by atoms with Crippen molar-refractivity contribution in [1.29, 1.82) is 0 Å². The molecule has 1 aromatic rings. The van der Waals surface area contributed by atoms with E-state index in [2.05, 4.69) is 34.6 Å². The van der Waals surface area contributed by atoms with Crippen LogP contribution in [0.1, 0.15) is 109 Å². The second-order valence-electron chi connectivity index (χ2n) is 14.8. The zero-order valence-electron chi connectivity index (χ0n) is 24.3. The summed E-state index contributed by atoms with van der Waals surface area (Å²) in [6, 6.07) is 9.30. The van der Waals surface area contributed by atoms with Crippen molar-refractivity contribution in [3.05, 3.63) is 35.9 Å². The summed E-state index contributed by atoms with van der Waals surface area (Å²) in [6.07, 6.45) is 11.1. The third-order valence-corrected chi connectivity index (χ3v) is 12.6. The van der Waals surface area contributed by atoms with E-state index in [1.54, 1.807) is 0 Å². The number of aliphatic hydroxyl groups excluding tert-OH is 1. The monoisotopic (exact) mass is 522 g/mol. The fourth-order valence-corrected chi connectivity index (χ4v) is 10.5. The predicted octanol–water partition coefficient (Wildman–Crippen LogP) is 7.44. The number of esters is 1. The number of epoxide rings is 1. The largest absolute Gasteiger partial charge is 0.459 e. The lowest BCUT2D eigenvalue weighted by Crippen LogP contribution is -2.63. The molecule has 5 fully saturated rings. The normalized spacial score (nSPS) is 45.9. The summed E-state index contributed by atoms with van der Waals surface area (Å²) in [5, 5.41) is 11.9. The molecule has 5 aliphatic rings. The van der Waals surface area contributed by atoms with E-state index >= 15 is 0 Å². The maximum atomic E-state index is 12.8. The molecule has 1 heterocycles. The van der Waals surface area contributed by atoms with Crippen LogP contribution in [0.5, 0.6) is 0 Å². The van der Waals surface area contributed by atoms with E-state index < -0.39 is 6.10 Å². The van der Waals surface area contributed by atoms with Gasteiger partial charge in [0.1, 0.15) is 17.8 Å². The Bertz CT molecular complexity index is 1020. The number of hydrogen-bond acceptors (Lipinski definition) is 4. The van der Waals surface area contributed by atoms with Crippen molar-refractivity contribution in [3.63, 3.8) is 0 Å². The Balaban J connectivity index is 1.17. The Labute approximate surface area is 230 Å². The van der Waals surface area contributed by atoms with Gasteiger partial charge in [-0.1, -0.05) is 72.1 Å². The summed E-state index contributed by atoms with van der Waals surface area (Å²) in [5.74, 6) is 3.53. The molecule has 0 radical (unpaired) electrons. The fourth-order valence-electron chi connectivity index (χ4n) is 10.5. The van der Waals surface area contributed by atoms with Gasteiger partial charge in [0.25, 0.3) is 0 Å². The molecule has 1 saturated heterocycles. The highest BCUT2D eigenvalue weighted by Gasteiger charge is 2.79. The standard InChI is InChI=1S/C34H50O4/c1-21(2)10-9-11-22(3)25-14-15-26-28-27(17-18-32(25,26)4)33(5)19-16-24(20-34(33)30(38-34)29(28)35)37-31(36)23-12-7-6-8-13-23/h6-8,12-13,21-22,24-30,35H,9-11,14-20H2,1-5H3/t22-,24-,25+,26-,27-,28-,29-,30-,32+,33+,34-/m0/s1. The van der Waals surface area contributed by atoms with Gasteiger partial charge >= 0.3 is 5.97 Å². The molecule has 1 aliphatic heterocycles. The molecule has 4 saturated carbocycles. The van der Waals surface area contributed by atoms with Gasteiger partial charge in [-0.05, 0) is 91.6 Å². The van der Waals surface area contributed by atoms with Crippen molar-refractivity contribution in [2.24, 2.45) is 46.3 Å². The van der Waals surface area contributed by atoms with E-state index in [1.807, 2.05) is 30.3 Å². The van der Waals surface area contributed by atoms with Gasteiger partial charge in [-0.25, -0.2) is 4.79 Å². The highest BCUT2D eigenvalue weighted by Crippen LogP contribution is 2.74. The van der Waals surface area contributed by atoms with Crippen molar-refractivity contribution >= 4 is 5.97 Å².